The van der Waals surface area contributed by atoms with E-state index in [0.29, 0.717) is 11.3 Å². The summed E-state index contributed by atoms with van der Waals surface area (Å²) in [7, 11) is 0. The number of rotatable bonds is 2. The lowest BCUT2D eigenvalue weighted by Gasteiger charge is -2.05. The van der Waals surface area contributed by atoms with Gasteiger partial charge in [-0.2, -0.15) is 0 Å². The molecule has 0 spiro atoms. The number of pyridine rings is 1. The van der Waals surface area contributed by atoms with Gasteiger partial charge in [0.15, 0.2) is 5.15 Å². The standard InChI is InChI=1S/C12H9ClN2O/c13-11-10(7-4-8-14-11)15-12(16)9-5-2-1-3-6-9/h1-8H,(H,15,16). The van der Waals surface area contributed by atoms with Crippen molar-refractivity contribution in [1.29, 1.82) is 0 Å². The summed E-state index contributed by atoms with van der Waals surface area (Å²) in [6.45, 7) is 0. The van der Waals surface area contributed by atoms with Crippen LogP contribution >= 0.6 is 11.6 Å². The number of nitrogens with zero attached hydrogens (tertiary/aromatic N) is 1. The zero-order valence-corrected chi connectivity index (χ0v) is 9.11. The van der Waals surface area contributed by atoms with E-state index in [2.05, 4.69) is 10.3 Å². The van der Waals surface area contributed by atoms with Crippen molar-refractivity contribution in [2.45, 2.75) is 0 Å². The molecule has 1 aromatic carbocycles. The third-order valence-corrected chi connectivity index (χ3v) is 2.34. The number of amides is 1. The van der Waals surface area contributed by atoms with Crippen LogP contribution < -0.4 is 5.32 Å². The molecule has 0 saturated heterocycles. The summed E-state index contributed by atoms with van der Waals surface area (Å²) in [6, 6.07) is 12.4. The molecule has 0 atom stereocenters. The van der Waals surface area contributed by atoms with Gasteiger partial charge in [-0.15, -0.1) is 0 Å². The summed E-state index contributed by atoms with van der Waals surface area (Å²) in [5.41, 5.74) is 1.10. The van der Waals surface area contributed by atoms with E-state index in [1.165, 1.54) is 0 Å². The van der Waals surface area contributed by atoms with E-state index in [-0.39, 0.29) is 11.1 Å². The van der Waals surface area contributed by atoms with Gasteiger partial charge in [-0.05, 0) is 24.3 Å². The van der Waals surface area contributed by atoms with Gasteiger partial charge >= 0.3 is 0 Å². The van der Waals surface area contributed by atoms with Crippen molar-refractivity contribution in [3.63, 3.8) is 0 Å². The highest BCUT2D eigenvalue weighted by Crippen LogP contribution is 2.18. The van der Waals surface area contributed by atoms with Crippen LogP contribution in [0, 0.1) is 0 Å². The fourth-order valence-corrected chi connectivity index (χ4v) is 1.43. The Balaban J connectivity index is 2.18. The van der Waals surface area contributed by atoms with Gasteiger partial charge in [0.1, 0.15) is 0 Å². The Morgan fingerprint density at radius 2 is 1.88 bits per heavy atom. The van der Waals surface area contributed by atoms with Gasteiger partial charge in [0.2, 0.25) is 0 Å². The number of anilines is 1. The topological polar surface area (TPSA) is 42.0 Å². The van der Waals surface area contributed by atoms with Gasteiger partial charge in [0, 0.05) is 11.8 Å². The molecule has 0 unspecified atom stereocenters. The Hall–Kier alpha value is -1.87. The Bertz CT molecular complexity index is 499. The van der Waals surface area contributed by atoms with Crippen molar-refractivity contribution in [3.8, 4) is 0 Å². The van der Waals surface area contributed by atoms with Crippen LogP contribution in [-0.4, -0.2) is 10.9 Å². The third-order valence-electron chi connectivity index (χ3n) is 2.04. The fourth-order valence-electron chi connectivity index (χ4n) is 1.26. The molecule has 16 heavy (non-hydrogen) atoms. The molecule has 1 N–H and O–H groups in total. The summed E-state index contributed by atoms with van der Waals surface area (Å²) in [5, 5.41) is 2.98. The molecule has 3 nitrogen and oxygen atoms in total. The maximum Gasteiger partial charge on any atom is 0.255 e. The van der Waals surface area contributed by atoms with Crippen LogP contribution in [0.3, 0.4) is 0 Å². The van der Waals surface area contributed by atoms with E-state index in [4.69, 9.17) is 11.6 Å². The molecule has 0 aliphatic rings. The highest BCUT2D eigenvalue weighted by Gasteiger charge is 2.07. The number of carbonyl (C=O) groups excluding carboxylic acids is 1. The molecule has 0 aliphatic heterocycles. The van der Waals surface area contributed by atoms with Crippen molar-refractivity contribution in [2.75, 3.05) is 5.32 Å². The molecule has 80 valence electrons. The first-order valence-corrected chi connectivity index (χ1v) is 5.12. The molecule has 0 aliphatic carbocycles. The molecule has 1 amide bonds. The molecule has 1 heterocycles. The number of carbonyl (C=O) groups is 1. The first kappa shape index (κ1) is 10.6. The van der Waals surface area contributed by atoms with Crippen LogP contribution in [-0.2, 0) is 0 Å². The molecular formula is C12H9ClN2O. The molecule has 0 bridgehead atoms. The highest BCUT2D eigenvalue weighted by atomic mass is 35.5. The van der Waals surface area contributed by atoms with Crippen LogP contribution in [0.2, 0.25) is 5.15 Å². The molecule has 2 rings (SSSR count). The number of aromatic nitrogens is 1. The van der Waals surface area contributed by atoms with E-state index < -0.39 is 0 Å². The van der Waals surface area contributed by atoms with Crippen LogP contribution in [0.5, 0.6) is 0 Å². The summed E-state index contributed by atoms with van der Waals surface area (Å²) in [5.74, 6) is -0.199. The van der Waals surface area contributed by atoms with Gasteiger partial charge in [-0.1, -0.05) is 29.8 Å². The second-order valence-corrected chi connectivity index (χ2v) is 3.52. The first-order chi connectivity index (χ1) is 7.77. The largest absolute Gasteiger partial charge is 0.319 e. The van der Waals surface area contributed by atoms with Crippen molar-refractivity contribution < 1.29 is 4.79 Å². The smallest absolute Gasteiger partial charge is 0.255 e. The van der Waals surface area contributed by atoms with Gasteiger partial charge in [0.05, 0.1) is 5.69 Å². The van der Waals surface area contributed by atoms with Gasteiger partial charge < -0.3 is 5.32 Å². The van der Waals surface area contributed by atoms with Crippen LogP contribution in [0.15, 0.2) is 48.7 Å². The molecule has 4 heteroatoms. The van der Waals surface area contributed by atoms with Crippen LogP contribution in [0.1, 0.15) is 10.4 Å². The molecule has 0 fully saturated rings. The highest BCUT2D eigenvalue weighted by molar-refractivity contribution is 6.32. The molecule has 0 radical (unpaired) electrons. The molecule has 2 aromatic rings. The summed E-state index contributed by atoms with van der Waals surface area (Å²) in [6.07, 6.45) is 1.57. The van der Waals surface area contributed by atoms with Crippen molar-refractivity contribution in [3.05, 3.63) is 59.4 Å². The van der Waals surface area contributed by atoms with Crippen LogP contribution in [0.25, 0.3) is 0 Å². The molecule has 1 aromatic heterocycles. The number of halogens is 1. The maximum absolute atomic E-state index is 11.8. The van der Waals surface area contributed by atoms with E-state index in [1.54, 1.807) is 42.6 Å². The second kappa shape index (κ2) is 4.77. The SMILES string of the molecule is O=C(Nc1cccnc1Cl)c1ccccc1. The summed E-state index contributed by atoms with van der Waals surface area (Å²) >= 11 is 5.83. The van der Waals surface area contributed by atoms with Gasteiger partial charge in [0.25, 0.3) is 5.91 Å². The minimum absolute atomic E-state index is 0.199. The monoisotopic (exact) mass is 232 g/mol. The Morgan fingerprint density at radius 1 is 1.12 bits per heavy atom. The average Bonchev–Trinajstić information content (AvgIpc) is 2.33. The lowest BCUT2D eigenvalue weighted by atomic mass is 10.2. The summed E-state index contributed by atoms with van der Waals surface area (Å²) in [4.78, 5) is 15.6. The normalized spacial score (nSPS) is 9.81. The van der Waals surface area contributed by atoms with Gasteiger partial charge in [-0.3, -0.25) is 4.79 Å². The predicted molar refractivity (Wildman–Crippen MR) is 63.6 cm³/mol. The zero-order valence-electron chi connectivity index (χ0n) is 8.35. The van der Waals surface area contributed by atoms with E-state index in [1.807, 2.05) is 6.07 Å². The number of benzene rings is 1. The minimum atomic E-state index is -0.199. The Morgan fingerprint density at radius 3 is 2.56 bits per heavy atom. The van der Waals surface area contributed by atoms with Crippen LogP contribution in [0.4, 0.5) is 5.69 Å². The lowest BCUT2D eigenvalue weighted by Crippen LogP contribution is -2.12. The molecular weight excluding hydrogens is 224 g/mol. The predicted octanol–water partition coefficient (Wildman–Crippen LogP) is 2.99. The Labute approximate surface area is 98.1 Å². The average molecular weight is 233 g/mol. The van der Waals surface area contributed by atoms with E-state index in [0.717, 1.165) is 0 Å². The Kier molecular flexibility index (Phi) is 3.17. The van der Waals surface area contributed by atoms with Crippen molar-refractivity contribution in [1.82, 2.24) is 4.98 Å². The molecule has 0 saturated carbocycles. The van der Waals surface area contributed by atoms with E-state index in [9.17, 15) is 4.79 Å². The van der Waals surface area contributed by atoms with E-state index >= 15 is 0 Å². The van der Waals surface area contributed by atoms with Gasteiger partial charge in [-0.25, -0.2) is 4.98 Å². The minimum Gasteiger partial charge on any atom is -0.319 e. The number of hydrogen-bond acceptors (Lipinski definition) is 2. The van der Waals surface area contributed by atoms with Crippen molar-refractivity contribution >= 4 is 23.2 Å². The number of nitrogens with one attached hydrogen (secondary N) is 1. The quantitative estimate of drug-likeness (QED) is 0.809. The third kappa shape index (κ3) is 2.38. The summed E-state index contributed by atoms with van der Waals surface area (Å²) < 4.78 is 0. The maximum atomic E-state index is 11.8. The fraction of sp³-hybridized carbons (Fsp3) is 0. The first-order valence-electron chi connectivity index (χ1n) is 4.74. The van der Waals surface area contributed by atoms with Crippen molar-refractivity contribution in [2.24, 2.45) is 0 Å². The number of hydrogen-bond donors (Lipinski definition) is 1. The lowest BCUT2D eigenvalue weighted by molar-refractivity contribution is 0.102. The second-order valence-electron chi connectivity index (χ2n) is 3.16. The zero-order chi connectivity index (χ0) is 11.4.